The summed E-state index contributed by atoms with van der Waals surface area (Å²) >= 11 is 1.75. The van der Waals surface area contributed by atoms with E-state index < -0.39 is 6.10 Å². The van der Waals surface area contributed by atoms with Gasteiger partial charge in [-0.2, -0.15) is 0 Å². The van der Waals surface area contributed by atoms with Crippen LogP contribution in [0, 0.1) is 6.92 Å². The first-order valence-electron chi connectivity index (χ1n) is 11.5. The second-order valence-corrected chi connectivity index (χ2v) is 9.42. The monoisotopic (exact) mass is 460 g/mol. The molecule has 3 rings (SSSR count). The van der Waals surface area contributed by atoms with Gasteiger partial charge in [-0.3, -0.25) is 9.69 Å². The fraction of sp³-hybridized carbons (Fsp3) is 0.560. The highest BCUT2D eigenvalue weighted by Gasteiger charge is 2.33. The third-order valence-electron chi connectivity index (χ3n) is 5.97. The van der Waals surface area contributed by atoms with Gasteiger partial charge in [0.05, 0.1) is 18.7 Å². The zero-order valence-corrected chi connectivity index (χ0v) is 20.3. The SMILES string of the molecule is CC[C@@H](O)CN(CCCOC)CC(=O)N1CCc2sccc2[C@@H]1COc1ccc(C)cc1. The van der Waals surface area contributed by atoms with E-state index >= 15 is 0 Å². The van der Waals surface area contributed by atoms with Crippen LogP contribution in [0.4, 0.5) is 0 Å². The molecule has 7 heteroatoms. The molecule has 0 radical (unpaired) electrons. The number of hydrogen-bond acceptors (Lipinski definition) is 6. The van der Waals surface area contributed by atoms with E-state index in [-0.39, 0.29) is 11.9 Å². The number of carbonyl (C=O) groups is 1. The number of methoxy groups -OCH3 is 1. The Kier molecular flexibility index (Phi) is 9.53. The molecular weight excluding hydrogens is 424 g/mol. The van der Waals surface area contributed by atoms with E-state index in [0.717, 1.165) is 25.1 Å². The van der Waals surface area contributed by atoms with Gasteiger partial charge in [-0.1, -0.05) is 24.6 Å². The van der Waals surface area contributed by atoms with E-state index in [9.17, 15) is 9.90 Å². The van der Waals surface area contributed by atoms with E-state index in [1.54, 1.807) is 18.4 Å². The lowest BCUT2D eigenvalue weighted by molar-refractivity contribution is -0.136. The van der Waals surface area contributed by atoms with E-state index in [1.165, 1.54) is 16.0 Å². The lowest BCUT2D eigenvalue weighted by Crippen LogP contribution is -2.48. The standard InChI is InChI=1S/C25H36N2O4S/c1-4-20(28)16-26(12-5-14-30-3)17-25(29)27-13-10-24-22(11-15-32-24)23(27)18-31-21-8-6-19(2)7-9-21/h6-9,11,15,20,23,28H,4-5,10,12-14,16-18H2,1-3H3/t20-,23+/m1/s1. The van der Waals surface area contributed by atoms with Crippen molar-refractivity contribution < 1.29 is 19.4 Å². The quantitative estimate of drug-likeness (QED) is 0.490. The van der Waals surface area contributed by atoms with Crippen LogP contribution in [0.1, 0.15) is 41.8 Å². The highest BCUT2D eigenvalue weighted by Crippen LogP contribution is 2.34. The maximum absolute atomic E-state index is 13.4. The van der Waals surface area contributed by atoms with Gasteiger partial charge in [0.2, 0.25) is 5.91 Å². The zero-order chi connectivity index (χ0) is 22.9. The molecule has 1 aromatic carbocycles. The molecule has 0 unspecified atom stereocenters. The van der Waals surface area contributed by atoms with Gasteiger partial charge in [-0.15, -0.1) is 11.3 Å². The van der Waals surface area contributed by atoms with Crippen molar-refractivity contribution in [1.29, 1.82) is 0 Å². The summed E-state index contributed by atoms with van der Waals surface area (Å²) in [4.78, 5) is 18.8. The molecule has 176 valence electrons. The maximum atomic E-state index is 13.4. The van der Waals surface area contributed by atoms with Gasteiger partial charge in [0.1, 0.15) is 12.4 Å². The summed E-state index contributed by atoms with van der Waals surface area (Å²) in [6, 6.07) is 10.0. The van der Waals surface area contributed by atoms with Crippen molar-refractivity contribution in [3.63, 3.8) is 0 Å². The molecule has 2 aromatic rings. The second kappa shape index (κ2) is 12.3. The van der Waals surface area contributed by atoms with Gasteiger partial charge in [0.25, 0.3) is 0 Å². The Labute approximate surface area is 195 Å². The number of carbonyl (C=O) groups excluding carboxylic acids is 1. The molecule has 1 aliphatic heterocycles. The second-order valence-electron chi connectivity index (χ2n) is 8.42. The molecule has 2 heterocycles. The van der Waals surface area contributed by atoms with Gasteiger partial charge < -0.3 is 19.5 Å². The summed E-state index contributed by atoms with van der Waals surface area (Å²) in [5.41, 5.74) is 2.39. The lowest BCUT2D eigenvalue weighted by Gasteiger charge is -2.37. The Morgan fingerprint density at radius 2 is 2.09 bits per heavy atom. The van der Waals surface area contributed by atoms with Crippen LogP contribution in [0.25, 0.3) is 0 Å². The fourth-order valence-electron chi connectivity index (χ4n) is 4.06. The van der Waals surface area contributed by atoms with Crippen molar-refractivity contribution in [2.45, 2.75) is 45.3 Å². The number of amides is 1. The lowest BCUT2D eigenvalue weighted by atomic mass is 10.0. The predicted octanol–water partition coefficient (Wildman–Crippen LogP) is 3.67. The molecule has 0 fully saturated rings. The van der Waals surface area contributed by atoms with Crippen LogP contribution in [-0.4, -0.2) is 73.4 Å². The number of hydrogen-bond donors (Lipinski definition) is 1. The first-order valence-corrected chi connectivity index (χ1v) is 12.3. The molecule has 1 aliphatic rings. The smallest absolute Gasteiger partial charge is 0.237 e. The van der Waals surface area contributed by atoms with E-state index in [4.69, 9.17) is 9.47 Å². The van der Waals surface area contributed by atoms with Crippen LogP contribution in [0.2, 0.25) is 0 Å². The molecule has 2 atom stereocenters. The average molecular weight is 461 g/mol. The fourth-order valence-corrected chi connectivity index (χ4v) is 4.99. The number of nitrogens with zero attached hydrogens (tertiary/aromatic N) is 2. The van der Waals surface area contributed by atoms with Crippen molar-refractivity contribution in [3.05, 3.63) is 51.7 Å². The van der Waals surface area contributed by atoms with E-state index in [0.29, 0.717) is 39.3 Å². The largest absolute Gasteiger partial charge is 0.491 e. The number of fused-ring (bicyclic) bond motifs is 1. The predicted molar refractivity (Wildman–Crippen MR) is 128 cm³/mol. The van der Waals surface area contributed by atoms with Crippen LogP contribution < -0.4 is 4.74 Å². The van der Waals surface area contributed by atoms with Crippen molar-refractivity contribution in [2.75, 3.05) is 46.5 Å². The highest BCUT2D eigenvalue weighted by atomic mass is 32.1. The minimum Gasteiger partial charge on any atom is -0.491 e. The van der Waals surface area contributed by atoms with Gasteiger partial charge in [-0.05, 0) is 55.3 Å². The summed E-state index contributed by atoms with van der Waals surface area (Å²) in [5, 5.41) is 12.3. The van der Waals surface area contributed by atoms with Crippen LogP contribution in [0.15, 0.2) is 35.7 Å². The maximum Gasteiger partial charge on any atom is 0.237 e. The van der Waals surface area contributed by atoms with Gasteiger partial charge in [0.15, 0.2) is 0 Å². The molecule has 0 bridgehead atoms. The third-order valence-corrected chi connectivity index (χ3v) is 6.96. The van der Waals surface area contributed by atoms with Crippen LogP contribution in [0.5, 0.6) is 5.75 Å². The zero-order valence-electron chi connectivity index (χ0n) is 19.5. The number of thiophene rings is 1. The Bertz CT molecular complexity index is 839. The van der Waals surface area contributed by atoms with Crippen molar-refractivity contribution in [3.8, 4) is 5.75 Å². The number of benzene rings is 1. The first-order chi connectivity index (χ1) is 15.5. The topological polar surface area (TPSA) is 62.2 Å². The number of rotatable bonds is 12. The van der Waals surface area contributed by atoms with Gasteiger partial charge >= 0.3 is 0 Å². The number of ether oxygens (including phenoxy) is 2. The van der Waals surface area contributed by atoms with Crippen LogP contribution in [0.3, 0.4) is 0 Å². The van der Waals surface area contributed by atoms with E-state index in [1.807, 2.05) is 36.1 Å². The van der Waals surface area contributed by atoms with Crippen LogP contribution >= 0.6 is 11.3 Å². The molecule has 0 spiro atoms. The summed E-state index contributed by atoms with van der Waals surface area (Å²) in [7, 11) is 1.68. The van der Waals surface area contributed by atoms with Crippen molar-refractivity contribution in [2.24, 2.45) is 0 Å². The molecule has 6 nitrogen and oxygen atoms in total. The summed E-state index contributed by atoms with van der Waals surface area (Å²) in [5.74, 6) is 0.901. The average Bonchev–Trinajstić information content (AvgIpc) is 3.27. The summed E-state index contributed by atoms with van der Waals surface area (Å²) in [6.45, 7) is 7.28. The Morgan fingerprint density at radius 1 is 1.31 bits per heavy atom. The number of aliphatic hydroxyl groups is 1. The minimum atomic E-state index is -0.434. The summed E-state index contributed by atoms with van der Waals surface area (Å²) < 4.78 is 11.3. The van der Waals surface area contributed by atoms with Crippen LogP contribution in [-0.2, 0) is 16.0 Å². The van der Waals surface area contributed by atoms with Gasteiger partial charge in [-0.25, -0.2) is 0 Å². The molecule has 1 N–H and O–H groups in total. The normalized spacial score (nSPS) is 16.8. The highest BCUT2D eigenvalue weighted by molar-refractivity contribution is 7.10. The summed E-state index contributed by atoms with van der Waals surface area (Å²) in [6.07, 6.45) is 1.94. The Balaban J connectivity index is 1.70. The Hall–Kier alpha value is -1.93. The molecule has 0 saturated carbocycles. The Morgan fingerprint density at radius 3 is 2.81 bits per heavy atom. The molecular formula is C25H36N2O4S. The molecule has 1 amide bonds. The molecule has 0 aliphatic carbocycles. The minimum absolute atomic E-state index is 0.0834. The third kappa shape index (κ3) is 6.78. The number of aliphatic hydroxyl groups excluding tert-OH is 1. The van der Waals surface area contributed by atoms with E-state index in [2.05, 4.69) is 23.3 Å². The van der Waals surface area contributed by atoms with Crippen molar-refractivity contribution >= 4 is 17.2 Å². The van der Waals surface area contributed by atoms with Crippen molar-refractivity contribution in [1.82, 2.24) is 9.80 Å². The van der Waals surface area contributed by atoms with Gasteiger partial charge in [0, 0.05) is 38.2 Å². The molecule has 32 heavy (non-hydrogen) atoms. The molecule has 0 saturated heterocycles. The first kappa shape index (κ1) is 24.7. The molecule has 1 aromatic heterocycles. The number of aryl methyl sites for hydroxylation is 1.